The number of aliphatic imine (C=N–C) groups is 1. The standard InChI is InChI=1S/C15H25N5OS/c1-3-16-15(17-7-6-13-18-10-12(2)22-13)19-11-14(21)20-8-4-5-9-20/h10H,3-9,11H2,1-2H3,(H2,16,17,19). The molecule has 1 aliphatic heterocycles. The highest BCUT2D eigenvalue weighted by Gasteiger charge is 2.17. The fourth-order valence-corrected chi connectivity index (χ4v) is 3.15. The number of aromatic nitrogens is 1. The largest absolute Gasteiger partial charge is 0.357 e. The number of hydrogen-bond donors (Lipinski definition) is 2. The van der Waals surface area contributed by atoms with Gasteiger partial charge in [-0.3, -0.25) is 4.79 Å². The summed E-state index contributed by atoms with van der Waals surface area (Å²) in [5.41, 5.74) is 0. The molecule has 0 aromatic carbocycles. The van der Waals surface area contributed by atoms with Gasteiger partial charge in [0.25, 0.3) is 0 Å². The van der Waals surface area contributed by atoms with Crippen LogP contribution in [0.15, 0.2) is 11.2 Å². The molecule has 0 radical (unpaired) electrons. The lowest BCUT2D eigenvalue weighted by atomic mass is 10.4. The summed E-state index contributed by atoms with van der Waals surface area (Å²) in [6.07, 6.45) is 4.99. The number of rotatable bonds is 6. The van der Waals surface area contributed by atoms with Crippen LogP contribution in [-0.2, 0) is 11.2 Å². The van der Waals surface area contributed by atoms with Crippen molar-refractivity contribution in [1.82, 2.24) is 20.5 Å². The molecule has 1 saturated heterocycles. The van der Waals surface area contributed by atoms with Crippen molar-refractivity contribution in [2.45, 2.75) is 33.1 Å². The topological polar surface area (TPSA) is 69.6 Å². The lowest BCUT2D eigenvalue weighted by Gasteiger charge is -2.15. The van der Waals surface area contributed by atoms with E-state index in [2.05, 4.69) is 27.5 Å². The minimum atomic E-state index is 0.116. The van der Waals surface area contributed by atoms with Crippen molar-refractivity contribution in [3.8, 4) is 0 Å². The minimum Gasteiger partial charge on any atom is -0.357 e. The lowest BCUT2D eigenvalue weighted by Crippen LogP contribution is -2.39. The summed E-state index contributed by atoms with van der Waals surface area (Å²) in [7, 11) is 0. The van der Waals surface area contributed by atoms with Crippen LogP contribution < -0.4 is 10.6 Å². The molecule has 2 heterocycles. The fourth-order valence-electron chi connectivity index (χ4n) is 2.36. The van der Waals surface area contributed by atoms with Crippen LogP contribution in [0.3, 0.4) is 0 Å². The second-order valence-electron chi connectivity index (χ2n) is 5.32. The first-order valence-corrected chi connectivity index (χ1v) is 8.72. The second-order valence-corrected chi connectivity index (χ2v) is 6.64. The quantitative estimate of drug-likeness (QED) is 0.609. The molecule has 2 rings (SSSR count). The van der Waals surface area contributed by atoms with Gasteiger partial charge >= 0.3 is 0 Å². The average Bonchev–Trinajstić information content (AvgIpc) is 3.16. The number of thiazole rings is 1. The highest BCUT2D eigenvalue weighted by molar-refractivity contribution is 7.11. The fraction of sp³-hybridized carbons (Fsp3) is 0.667. The summed E-state index contributed by atoms with van der Waals surface area (Å²) in [5, 5.41) is 7.55. The van der Waals surface area contributed by atoms with Crippen molar-refractivity contribution in [3.05, 3.63) is 16.1 Å². The summed E-state index contributed by atoms with van der Waals surface area (Å²) in [5.74, 6) is 0.813. The van der Waals surface area contributed by atoms with E-state index >= 15 is 0 Å². The van der Waals surface area contributed by atoms with Gasteiger partial charge in [-0.2, -0.15) is 0 Å². The van der Waals surface area contributed by atoms with E-state index in [9.17, 15) is 4.79 Å². The van der Waals surface area contributed by atoms with Crippen LogP contribution in [0.4, 0.5) is 0 Å². The van der Waals surface area contributed by atoms with Gasteiger partial charge in [0.2, 0.25) is 5.91 Å². The third-order valence-electron chi connectivity index (χ3n) is 3.48. The van der Waals surface area contributed by atoms with Crippen LogP contribution in [0.25, 0.3) is 0 Å². The van der Waals surface area contributed by atoms with Crippen LogP contribution in [0.2, 0.25) is 0 Å². The molecule has 7 heteroatoms. The number of aryl methyl sites for hydroxylation is 1. The smallest absolute Gasteiger partial charge is 0.244 e. The van der Waals surface area contributed by atoms with Gasteiger partial charge in [0.1, 0.15) is 6.54 Å². The van der Waals surface area contributed by atoms with Gasteiger partial charge in [-0.15, -0.1) is 11.3 Å². The van der Waals surface area contributed by atoms with E-state index in [4.69, 9.17) is 0 Å². The Morgan fingerprint density at radius 1 is 1.41 bits per heavy atom. The van der Waals surface area contributed by atoms with E-state index in [0.29, 0.717) is 5.96 Å². The third kappa shape index (κ3) is 5.29. The molecule has 0 saturated carbocycles. The van der Waals surface area contributed by atoms with E-state index in [1.807, 2.05) is 18.0 Å². The van der Waals surface area contributed by atoms with Gasteiger partial charge in [-0.25, -0.2) is 9.98 Å². The molecule has 6 nitrogen and oxygen atoms in total. The zero-order valence-electron chi connectivity index (χ0n) is 13.4. The number of nitrogens with one attached hydrogen (secondary N) is 2. The molecule has 0 bridgehead atoms. The normalized spacial score (nSPS) is 15.2. The summed E-state index contributed by atoms with van der Waals surface area (Å²) in [6, 6.07) is 0. The van der Waals surface area contributed by atoms with Gasteiger partial charge in [0, 0.05) is 43.7 Å². The highest BCUT2D eigenvalue weighted by atomic mass is 32.1. The van der Waals surface area contributed by atoms with Crippen LogP contribution in [0.5, 0.6) is 0 Å². The van der Waals surface area contributed by atoms with Crippen molar-refractivity contribution >= 4 is 23.2 Å². The third-order valence-corrected chi connectivity index (χ3v) is 4.45. The molecule has 0 atom stereocenters. The molecule has 122 valence electrons. The Hall–Kier alpha value is -1.63. The van der Waals surface area contributed by atoms with Gasteiger partial charge in [0.15, 0.2) is 5.96 Å². The first-order valence-electron chi connectivity index (χ1n) is 7.90. The van der Waals surface area contributed by atoms with Crippen LogP contribution >= 0.6 is 11.3 Å². The lowest BCUT2D eigenvalue weighted by molar-refractivity contribution is -0.128. The summed E-state index contributed by atoms with van der Waals surface area (Å²) in [4.78, 5) is 23.9. The maximum Gasteiger partial charge on any atom is 0.244 e. The van der Waals surface area contributed by atoms with E-state index in [1.165, 1.54) is 4.88 Å². The Morgan fingerprint density at radius 3 is 2.82 bits per heavy atom. The van der Waals surface area contributed by atoms with Crippen LogP contribution in [0, 0.1) is 6.92 Å². The summed E-state index contributed by atoms with van der Waals surface area (Å²) >= 11 is 1.72. The van der Waals surface area contributed by atoms with Crippen LogP contribution in [-0.4, -0.2) is 54.5 Å². The zero-order valence-corrected chi connectivity index (χ0v) is 14.2. The molecule has 0 aliphatic carbocycles. The van der Waals surface area contributed by atoms with E-state index in [1.54, 1.807) is 11.3 Å². The molecule has 2 N–H and O–H groups in total. The Balaban J connectivity index is 1.77. The van der Waals surface area contributed by atoms with Crippen molar-refractivity contribution in [3.63, 3.8) is 0 Å². The average molecular weight is 323 g/mol. The molecule has 0 unspecified atom stereocenters. The first kappa shape index (κ1) is 16.7. The van der Waals surface area contributed by atoms with E-state index < -0.39 is 0 Å². The maximum atomic E-state index is 12.0. The van der Waals surface area contributed by atoms with Crippen molar-refractivity contribution in [1.29, 1.82) is 0 Å². The SMILES string of the molecule is CCNC(=NCC(=O)N1CCCC1)NCCc1ncc(C)s1. The van der Waals surface area contributed by atoms with Crippen molar-refractivity contribution in [2.24, 2.45) is 4.99 Å². The number of guanidine groups is 1. The van der Waals surface area contributed by atoms with E-state index in [0.717, 1.165) is 50.4 Å². The van der Waals surface area contributed by atoms with Gasteiger partial charge in [0.05, 0.1) is 5.01 Å². The molecular formula is C15H25N5OS. The number of carbonyl (C=O) groups is 1. The molecule has 1 aliphatic rings. The minimum absolute atomic E-state index is 0.116. The first-order chi connectivity index (χ1) is 10.7. The van der Waals surface area contributed by atoms with Crippen LogP contribution in [0.1, 0.15) is 29.7 Å². The van der Waals surface area contributed by atoms with Crippen molar-refractivity contribution < 1.29 is 4.79 Å². The van der Waals surface area contributed by atoms with Gasteiger partial charge in [-0.05, 0) is 26.7 Å². The van der Waals surface area contributed by atoms with E-state index in [-0.39, 0.29) is 12.5 Å². The number of amides is 1. The Kier molecular flexibility index (Phi) is 6.64. The predicted octanol–water partition coefficient (Wildman–Crippen LogP) is 1.17. The highest BCUT2D eigenvalue weighted by Crippen LogP contribution is 2.11. The van der Waals surface area contributed by atoms with Crippen molar-refractivity contribution in [2.75, 3.05) is 32.7 Å². The molecule has 1 aromatic rings. The molecule has 1 aromatic heterocycles. The van der Waals surface area contributed by atoms with Gasteiger partial charge < -0.3 is 15.5 Å². The predicted molar refractivity (Wildman–Crippen MR) is 90.4 cm³/mol. The molecular weight excluding hydrogens is 298 g/mol. The Bertz CT molecular complexity index is 508. The van der Waals surface area contributed by atoms with Gasteiger partial charge in [-0.1, -0.05) is 0 Å². The molecule has 22 heavy (non-hydrogen) atoms. The molecule has 0 spiro atoms. The Morgan fingerprint density at radius 2 is 2.18 bits per heavy atom. The summed E-state index contributed by atoms with van der Waals surface area (Å²) < 4.78 is 0. The molecule has 1 fully saturated rings. The number of likely N-dealkylation sites (tertiary alicyclic amines) is 1. The number of hydrogen-bond acceptors (Lipinski definition) is 4. The number of carbonyl (C=O) groups excluding carboxylic acids is 1. The Labute approximate surface area is 136 Å². The zero-order chi connectivity index (χ0) is 15.8. The second kappa shape index (κ2) is 8.73. The monoisotopic (exact) mass is 323 g/mol. The molecule has 1 amide bonds. The number of nitrogens with zero attached hydrogens (tertiary/aromatic N) is 3. The maximum absolute atomic E-state index is 12.0. The summed E-state index contributed by atoms with van der Waals surface area (Å²) in [6.45, 7) is 7.58.